The van der Waals surface area contributed by atoms with Gasteiger partial charge in [0.05, 0.1) is 13.0 Å². The van der Waals surface area contributed by atoms with Gasteiger partial charge in [0.1, 0.15) is 25.3 Å². The number of primary amides is 1. The lowest BCUT2D eigenvalue weighted by atomic mass is 9.84. The fraction of sp³-hybridized carbons (Fsp3) is 0.561. The van der Waals surface area contributed by atoms with Crippen LogP contribution in [0.4, 0.5) is 4.79 Å². The number of likely N-dealkylation sites (N-methyl/N-ethyl adjacent to an activating group) is 1. The zero-order chi connectivity index (χ0) is 38.7. The Balaban J connectivity index is 1.25. The molecule has 0 unspecified atom stereocenters. The molecule has 5 amide bonds. The van der Waals surface area contributed by atoms with E-state index in [1.807, 2.05) is 48.5 Å². The maximum atomic E-state index is 13.5. The van der Waals surface area contributed by atoms with Crippen molar-refractivity contribution < 1.29 is 38.2 Å². The van der Waals surface area contributed by atoms with E-state index in [4.69, 9.17) is 15.2 Å². The molecule has 0 spiro atoms. The van der Waals surface area contributed by atoms with Crippen molar-refractivity contribution in [3.63, 3.8) is 0 Å². The van der Waals surface area contributed by atoms with Crippen LogP contribution in [0.1, 0.15) is 95.1 Å². The minimum Gasteiger partial charge on any atom is -0.461 e. The molecule has 54 heavy (non-hydrogen) atoms. The molecule has 0 radical (unpaired) electrons. The standard InChI is InChI=1S/C41H57N5O8/c1-2-45(37(48)20-12-19-30-21-23-46(24-22-30)41(52)54-29-33-17-10-5-11-18-33)27-36(47)43-35(26-38(49)53-28-32-15-8-4-9-16-32)40(51)44-34(39(42)50)25-31-13-6-3-7-14-31/h4-5,8-11,15-18,30-31,34-35H,2-3,6-7,12-14,19-29H2,1H3,(H2,42,50)(H,43,47)(H,44,51)/t34-,35-/m0/s1. The fourth-order valence-corrected chi connectivity index (χ4v) is 7.15. The van der Waals surface area contributed by atoms with Crippen LogP contribution in [0.5, 0.6) is 0 Å². The predicted octanol–water partition coefficient (Wildman–Crippen LogP) is 4.61. The molecule has 13 heteroatoms. The van der Waals surface area contributed by atoms with Crippen molar-refractivity contribution in [3.8, 4) is 0 Å². The summed E-state index contributed by atoms with van der Waals surface area (Å²) >= 11 is 0. The number of piperidine rings is 1. The number of esters is 1. The van der Waals surface area contributed by atoms with Crippen LogP contribution >= 0.6 is 0 Å². The summed E-state index contributed by atoms with van der Waals surface area (Å²) in [4.78, 5) is 80.9. The lowest BCUT2D eigenvalue weighted by molar-refractivity contribution is -0.148. The largest absolute Gasteiger partial charge is 0.461 e. The normalized spacial score (nSPS) is 16.1. The van der Waals surface area contributed by atoms with Crippen molar-refractivity contribution >= 4 is 35.7 Å². The summed E-state index contributed by atoms with van der Waals surface area (Å²) in [6, 6.07) is 16.3. The summed E-state index contributed by atoms with van der Waals surface area (Å²) in [5.41, 5.74) is 7.37. The van der Waals surface area contributed by atoms with Crippen LogP contribution in [-0.2, 0) is 46.7 Å². The second-order valence-corrected chi connectivity index (χ2v) is 14.4. The molecule has 2 fully saturated rings. The molecule has 0 aromatic heterocycles. The van der Waals surface area contributed by atoms with E-state index in [9.17, 15) is 28.8 Å². The second-order valence-electron chi connectivity index (χ2n) is 14.4. The Morgan fingerprint density at radius 2 is 1.41 bits per heavy atom. The number of nitrogens with one attached hydrogen (secondary N) is 2. The highest BCUT2D eigenvalue weighted by Gasteiger charge is 2.31. The van der Waals surface area contributed by atoms with E-state index in [0.29, 0.717) is 31.8 Å². The van der Waals surface area contributed by atoms with Gasteiger partial charge >= 0.3 is 12.1 Å². The van der Waals surface area contributed by atoms with Crippen molar-refractivity contribution in [1.29, 1.82) is 0 Å². The average molecular weight is 748 g/mol. The van der Waals surface area contributed by atoms with Gasteiger partial charge in [0.15, 0.2) is 0 Å². The van der Waals surface area contributed by atoms with Crippen molar-refractivity contribution in [2.45, 2.75) is 109 Å². The summed E-state index contributed by atoms with van der Waals surface area (Å²) in [5.74, 6) is -2.30. The number of carbonyl (C=O) groups is 6. The lowest BCUT2D eigenvalue weighted by Gasteiger charge is -2.31. The third-order valence-electron chi connectivity index (χ3n) is 10.4. The van der Waals surface area contributed by atoms with E-state index in [0.717, 1.165) is 62.5 Å². The number of nitrogens with two attached hydrogens (primary N) is 1. The molecule has 1 aliphatic carbocycles. The number of hydrogen-bond donors (Lipinski definition) is 3. The monoisotopic (exact) mass is 747 g/mol. The van der Waals surface area contributed by atoms with Crippen LogP contribution in [0.25, 0.3) is 0 Å². The summed E-state index contributed by atoms with van der Waals surface area (Å²) in [6.45, 7) is 3.17. The molecule has 4 rings (SSSR count). The Hall–Kier alpha value is -4.94. The number of benzene rings is 2. The molecule has 1 aliphatic heterocycles. The average Bonchev–Trinajstić information content (AvgIpc) is 3.19. The molecule has 1 saturated carbocycles. The first-order chi connectivity index (χ1) is 26.1. The molecule has 13 nitrogen and oxygen atoms in total. The van der Waals surface area contributed by atoms with Gasteiger partial charge < -0.3 is 35.6 Å². The van der Waals surface area contributed by atoms with Gasteiger partial charge in [0, 0.05) is 26.1 Å². The van der Waals surface area contributed by atoms with Gasteiger partial charge in [-0.15, -0.1) is 0 Å². The topological polar surface area (TPSA) is 177 Å². The lowest BCUT2D eigenvalue weighted by Crippen LogP contribution is -2.55. The first kappa shape index (κ1) is 41.8. The Labute approximate surface area is 318 Å². The van der Waals surface area contributed by atoms with E-state index in [-0.39, 0.29) is 50.6 Å². The van der Waals surface area contributed by atoms with Crippen LogP contribution in [0, 0.1) is 11.8 Å². The molecule has 1 heterocycles. The number of rotatable bonds is 19. The van der Waals surface area contributed by atoms with Gasteiger partial charge in [-0.05, 0) is 62.0 Å². The molecule has 1 saturated heterocycles. The Bertz CT molecular complexity index is 1510. The number of amides is 5. The van der Waals surface area contributed by atoms with E-state index in [1.165, 1.54) is 4.90 Å². The second kappa shape index (κ2) is 22.3. The number of carbonyl (C=O) groups excluding carboxylic acids is 6. The van der Waals surface area contributed by atoms with Gasteiger partial charge in [-0.2, -0.15) is 0 Å². The summed E-state index contributed by atoms with van der Waals surface area (Å²) in [7, 11) is 0. The van der Waals surface area contributed by atoms with Crippen LogP contribution in [0.2, 0.25) is 0 Å². The smallest absolute Gasteiger partial charge is 0.410 e. The van der Waals surface area contributed by atoms with Crippen molar-refractivity contribution in [3.05, 3.63) is 71.8 Å². The third kappa shape index (κ3) is 14.5. The highest BCUT2D eigenvalue weighted by atomic mass is 16.6. The molecular weight excluding hydrogens is 690 g/mol. The van der Waals surface area contributed by atoms with Gasteiger partial charge in [0.25, 0.3) is 0 Å². The summed E-state index contributed by atoms with van der Waals surface area (Å²) in [5, 5.41) is 5.29. The van der Waals surface area contributed by atoms with Gasteiger partial charge in [-0.25, -0.2) is 4.79 Å². The molecular formula is C41H57N5O8. The first-order valence-corrected chi connectivity index (χ1v) is 19.4. The van der Waals surface area contributed by atoms with Crippen molar-refractivity contribution in [1.82, 2.24) is 20.4 Å². The molecule has 2 aliphatic rings. The van der Waals surface area contributed by atoms with E-state index >= 15 is 0 Å². The van der Waals surface area contributed by atoms with Gasteiger partial charge in [-0.1, -0.05) is 92.8 Å². The quantitative estimate of drug-likeness (QED) is 0.175. The first-order valence-electron chi connectivity index (χ1n) is 19.4. The highest BCUT2D eigenvalue weighted by molar-refractivity contribution is 5.94. The minimum absolute atomic E-state index is 0.00786. The van der Waals surface area contributed by atoms with Crippen molar-refractivity contribution in [2.75, 3.05) is 26.2 Å². The fourth-order valence-electron chi connectivity index (χ4n) is 7.15. The zero-order valence-corrected chi connectivity index (χ0v) is 31.5. The number of likely N-dealkylation sites (tertiary alicyclic amines) is 1. The number of nitrogens with zero attached hydrogens (tertiary/aromatic N) is 2. The zero-order valence-electron chi connectivity index (χ0n) is 31.5. The van der Waals surface area contributed by atoms with E-state index in [2.05, 4.69) is 10.6 Å². The SMILES string of the molecule is CCN(CC(=O)N[C@@H](CC(=O)OCc1ccccc1)C(=O)N[C@@H](CC1CCCCC1)C(N)=O)C(=O)CCCC1CCN(C(=O)OCc2ccccc2)CC1. The molecule has 2 aromatic carbocycles. The van der Waals surface area contributed by atoms with Crippen LogP contribution in [0.3, 0.4) is 0 Å². The van der Waals surface area contributed by atoms with Crippen molar-refractivity contribution in [2.24, 2.45) is 17.6 Å². The van der Waals surface area contributed by atoms with E-state index < -0.39 is 42.2 Å². The molecule has 2 aromatic rings. The third-order valence-corrected chi connectivity index (χ3v) is 10.4. The maximum absolute atomic E-state index is 13.5. The van der Waals surface area contributed by atoms with Crippen LogP contribution in [-0.4, -0.2) is 83.8 Å². The van der Waals surface area contributed by atoms with Crippen LogP contribution < -0.4 is 16.4 Å². The molecule has 4 N–H and O–H groups in total. The molecule has 0 bridgehead atoms. The molecule has 294 valence electrons. The van der Waals surface area contributed by atoms with Crippen LogP contribution in [0.15, 0.2) is 60.7 Å². The van der Waals surface area contributed by atoms with E-state index in [1.54, 1.807) is 24.0 Å². The summed E-state index contributed by atoms with van der Waals surface area (Å²) in [6.07, 6.45) is 8.06. The van der Waals surface area contributed by atoms with Gasteiger partial charge in [-0.3, -0.25) is 24.0 Å². The number of ether oxygens (including phenoxy) is 2. The maximum Gasteiger partial charge on any atom is 0.410 e. The van der Waals surface area contributed by atoms with Gasteiger partial charge in [0.2, 0.25) is 23.6 Å². The number of hydrogen-bond acceptors (Lipinski definition) is 8. The Morgan fingerprint density at radius 1 is 0.796 bits per heavy atom. The minimum atomic E-state index is -1.34. The highest BCUT2D eigenvalue weighted by Crippen LogP contribution is 2.27. The molecule has 2 atom stereocenters. The predicted molar refractivity (Wildman–Crippen MR) is 202 cm³/mol. The Kier molecular flexibility index (Phi) is 17.3. The summed E-state index contributed by atoms with van der Waals surface area (Å²) < 4.78 is 10.9. The Morgan fingerprint density at radius 3 is 2.00 bits per heavy atom.